The molecule has 0 aliphatic heterocycles. The molecule has 0 spiro atoms. The molecule has 0 unspecified atom stereocenters. The number of amides is 1. The predicted octanol–water partition coefficient (Wildman–Crippen LogP) is 1.84. The van der Waals surface area contributed by atoms with Gasteiger partial charge >= 0.3 is 5.97 Å². The van der Waals surface area contributed by atoms with Crippen molar-refractivity contribution in [3.05, 3.63) is 47.5 Å². The lowest BCUT2D eigenvalue weighted by molar-refractivity contribution is 0.0600. The first-order valence-corrected chi connectivity index (χ1v) is 6.17. The fourth-order valence-corrected chi connectivity index (χ4v) is 1.78. The number of rotatable bonds is 3. The number of nitrogens with one attached hydrogen (secondary N) is 1. The molecule has 0 radical (unpaired) electrons. The van der Waals surface area contributed by atoms with Gasteiger partial charge in [-0.3, -0.25) is 4.79 Å². The van der Waals surface area contributed by atoms with Crippen molar-refractivity contribution < 1.29 is 29.6 Å². The first kappa shape index (κ1) is 15.2. The van der Waals surface area contributed by atoms with E-state index in [4.69, 9.17) is 0 Å². The Balaban J connectivity index is 2.24. The number of esters is 1. The van der Waals surface area contributed by atoms with E-state index in [1.165, 1.54) is 19.2 Å². The Morgan fingerprint density at radius 2 is 1.64 bits per heavy atom. The molecule has 0 atom stereocenters. The summed E-state index contributed by atoms with van der Waals surface area (Å²) in [5, 5.41) is 30.5. The van der Waals surface area contributed by atoms with Crippen molar-refractivity contribution >= 4 is 17.6 Å². The van der Waals surface area contributed by atoms with Crippen LogP contribution in [0.4, 0.5) is 5.69 Å². The molecular formula is C15H13NO6. The first-order valence-electron chi connectivity index (χ1n) is 6.17. The maximum atomic E-state index is 12.0. The van der Waals surface area contributed by atoms with Crippen LogP contribution in [-0.2, 0) is 4.74 Å². The number of hydrogen-bond donors (Lipinski definition) is 4. The van der Waals surface area contributed by atoms with Gasteiger partial charge in [0, 0.05) is 11.3 Å². The number of carbonyl (C=O) groups excluding carboxylic acids is 2. The minimum absolute atomic E-state index is 0.0590. The van der Waals surface area contributed by atoms with Gasteiger partial charge in [-0.15, -0.1) is 0 Å². The molecule has 0 heterocycles. The molecule has 114 valence electrons. The van der Waals surface area contributed by atoms with Crippen molar-refractivity contribution in [2.45, 2.75) is 0 Å². The van der Waals surface area contributed by atoms with E-state index in [0.29, 0.717) is 5.69 Å². The van der Waals surface area contributed by atoms with E-state index in [2.05, 4.69) is 10.1 Å². The van der Waals surface area contributed by atoms with Gasteiger partial charge in [-0.1, -0.05) is 6.07 Å². The summed E-state index contributed by atoms with van der Waals surface area (Å²) >= 11 is 0. The highest BCUT2D eigenvalue weighted by atomic mass is 16.5. The first-order chi connectivity index (χ1) is 10.4. The van der Waals surface area contributed by atoms with Crippen molar-refractivity contribution in [1.29, 1.82) is 0 Å². The minimum atomic E-state index is -0.704. The van der Waals surface area contributed by atoms with E-state index >= 15 is 0 Å². The van der Waals surface area contributed by atoms with E-state index in [1.807, 2.05) is 0 Å². The molecule has 0 aliphatic rings. The second-order valence-electron chi connectivity index (χ2n) is 4.39. The van der Waals surface area contributed by atoms with Gasteiger partial charge in [-0.05, 0) is 30.3 Å². The number of methoxy groups -OCH3 is 1. The van der Waals surface area contributed by atoms with E-state index in [1.54, 1.807) is 12.1 Å². The van der Waals surface area contributed by atoms with Crippen molar-refractivity contribution in [2.75, 3.05) is 12.4 Å². The van der Waals surface area contributed by atoms with Gasteiger partial charge < -0.3 is 25.4 Å². The summed E-state index contributed by atoms with van der Waals surface area (Å²) in [6.45, 7) is 0. The lowest BCUT2D eigenvalue weighted by atomic mass is 10.1. The average molecular weight is 303 g/mol. The summed E-state index contributed by atoms with van der Waals surface area (Å²) in [5.74, 6) is -3.12. The van der Waals surface area contributed by atoms with Crippen molar-refractivity contribution in [2.24, 2.45) is 0 Å². The van der Waals surface area contributed by atoms with Gasteiger partial charge in [-0.2, -0.15) is 0 Å². The molecular weight excluding hydrogens is 290 g/mol. The summed E-state index contributed by atoms with van der Waals surface area (Å²) in [6, 6.07) is 8.09. The van der Waals surface area contributed by atoms with E-state index in [9.17, 15) is 24.9 Å². The van der Waals surface area contributed by atoms with Crippen LogP contribution < -0.4 is 5.32 Å². The monoisotopic (exact) mass is 303 g/mol. The van der Waals surface area contributed by atoms with Gasteiger partial charge in [0.1, 0.15) is 0 Å². The van der Waals surface area contributed by atoms with Gasteiger partial charge in [-0.25, -0.2) is 4.79 Å². The summed E-state index contributed by atoms with van der Waals surface area (Å²) in [7, 11) is 1.25. The van der Waals surface area contributed by atoms with Crippen LogP contribution in [0, 0.1) is 0 Å². The smallest absolute Gasteiger partial charge is 0.337 e. The van der Waals surface area contributed by atoms with Crippen molar-refractivity contribution in [1.82, 2.24) is 0 Å². The van der Waals surface area contributed by atoms with Crippen LogP contribution >= 0.6 is 0 Å². The highest BCUT2D eigenvalue weighted by Gasteiger charge is 2.14. The Kier molecular flexibility index (Phi) is 4.17. The molecule has 2 rings (SSSR count). The third kappa shape index (κ3) is 3.09. The van der Waals surface area contributed by atoms with Crippen LogP contribution in [-0.4, -0.2) is 34.3 Å². The quantitative estimate of drug-likeness (QED) is 0.508. The molecule has 0 fully saturated rings. The number of benzene rings is 2. The van der Waals surface area contributed by atoms with Gasteiger partial charge in [0.05, 0.1) is 12.7 Å². The number of aromatic hydroxyl groups is 3. The zero-order valence-corrected chi connectivity index (χ0v) is 11.5. The highest BCUT2D eigenvalue weighted by molar-refractivity contribution is 6.05. The Morgan fingerprint density at radius 1 is 1.00 bits per heavy atom. The number of hydrogen-bond acceptors (Lipinski definition) is 6. The topological polar surface area (TPSA) is 116 Å². The van der Waals surface area contributed by atoms with E-state index in [0.717, 1.165) is 12.1 Å². The molecule has 0 saturated carbocycles. The zero-order chi connectivity index (χ0) is 16.3. The second kappa shape index (κ2) is 6.04. The molecule has 7 nitrogen and oxygen atoms in total. The Morgan fingerprint density at radius 3 is 2.23 bits per heavy atom. The highest BCUT2D eigenvalue weighted by Crippen LogP contribution is 2.35. The van der Waals surface area contributed by atoms with E-state index in [-0.39, 0.29) is 11.1 Å². The molecule has 22 heavy (non-hydrogen) atoms. The van der Waals surface area contributed by atoms with Crippen molar-refractivity contribution in [3.63, 3.8) is 0 Å². The normalized spacial score (nSPS) is 10.0. The molecule has 0 aliphatic carbocycles. The lowest BCUT2D eigenvalue weighted by Gasteiger charge is -2.08. The lowest BCUT2D eigenvalue weighted by Crippen LogP contribution is -2.12. The standard InChI is InChI=1S/C15H13NO6/c1-22-15(21)8-3-2-4-10(5-8)16-14(20)9-6-11(17)13(19)12(18)7-9/h2-7,17-19H,1H3,(H,16,20). The zero-order valence-electron chi connectivity index (χ0n) is 11.5. The molecule has 1 amide bonds. The molecule has 2 aromatic rings. The molecule has 0 saturated heterocycles. The molecule has 4 N–H and O–H groups in total. The van der Waals surface area contributed by atoms with E-state index < -0.39 is 29.1 Å². The van der Waals surface area contributed by atoms with Crippen LogP contribution in [0.15, 0.2) is 36.4 Å². The predicted molar refractivity (Wildman–Crippen MR) is 77.2 cm³/mol. The van der Waals surface area contributed by atoms with Crippen LogP contribution in [0.1, 0.15) is 20.7 Å². The number of phenolic OH excluding ortho intramolecular Hbond substituents is 3. The Labute approximate surface area is 125 Å². The maximum absolute atomic E-state index is 12.0. The van der Waals surface area contributed by atoms with Crippen molar-refractivity contribution in [3.8, 4) is 17.2 Å². The second-order valence-corrected chi connectivity index (χ2v) is 4.39. The Bertz CT molecular complexity index is 718. The number of ether oxygens (including phenoxy) is 1. The Hall–Kier alpha value is -3.22. The SMILES string of the molecule is COC(=O)c1cccc(NC(=O)c2cc(O)c(O)c(O)c2)c1. The summed E-state index contributed by atoms with van der Waals surface area (Å²) in [6.07, 6.45) is 0. The maximum Gasteiger partial charge on any atom is 0.337 e. The molecule has 2 aromatic carbocycles. The number of carbonyl (C=O) groups is 2. The van der Waals surface area contributed by atoms with Crippen LogP contribution in [0.2, 0.25) is 0 Å². The fourth-order valence-electron chi connectivity index (χ4n) is 1.78. The number of anilines is 1. The summed E-state index contributed by atoms with van der Waals surface area (Å²) in [4.78, 5) is 23.5. The average Bonchev–Trinajstić information content (AvgIpc) is 2.51. The van der Waals surface area contributed by atoms with Crippen LogP contribution in [0.3, 0.4) is 0 Å². The third-order valence-electron chi connectivity index (χ3n) is 2.87. The van der Waals surface area contributed by atoms with Crippen LogP contribution in [0.5, 0.6) is 17.2 Å². The molecule has 0 bridgehead atoms. The summed E-state index contributed by atoms with van der Waals surface area (Å²) < 4.78 is 4.58. The molecule has 7 heteroatoms. The largest absolute Gasteiger partial charge is 0.504 e. The van der Waals surface area contributed by atoms with Gasteiger partial charge in [0.25, 0.3) is 5.91 Å². The fraction of sp³-hybridized carbons (Fsp3) is 0.0667. The van der Waals surface area contributed by atoms with Gasteiger partial charge in [0.2, 0.25) is 0 Å². The van der Waals surface area contributed by atoms with Crippen LogP contribution in [0.25, 0.3) is 0 Å². The number of phenols is 3. The third-order valence-corrected chi connectivity index (χ3v) is 2.87. The van der Waals surface area contributed by atoms with Gasteiger partial charge in [0.15, 0.2) is 17.2 Å². The molecule has 0 aromatic heterocycles. The minimum Gasteiger partial charge on any atom is -0.504 e. The summed E-state index contributed by atoms with van der Waals surface area (Å²) in [5.41, 5.74) is 0.535.